The van der Waals surface area contributed by atoms with E-state index < -0.39 is 27.1 Å². The van der Waals surface area contributed by atoms with Crippen LogP contribution in [0.1, 0.15) is 5.56 Å². The molecule has 7 nitrogen and oxygen atoms in total. The van der Waals surface area contributed by atoms with Crippen molar-refractivity contribution in [3.8, 4) is 0 Å². The summed E-state index contributed by atoms with van der Waals surface area (Å²) < 4.78 is 22.0. The molecule has 0 aliphatic heterocycles. The Bertz CT molecular complexity index is 460. The third kappa shape index (κ3) is 5.97. The summed E-state index contributed by atoms with van der Waals surface area (Å²) in [5.41, 5.74) is 1.03. The molecule has 108 valence electrons. The second-order valence-corrected chi connectivity index (χ2v) is 8.11. The minimum absolute atomic E-state index is 0.376. The van der Waals surface area contributed by atoms with E-state index in [9.17, 15) is 9.13 Å². The lowest BCUT2D eigenvalue weighted by molar-refractivity contribution is 0.336. The Balaban J connectivity index is 2.46. The van der Waals surface area contributed by atoms with Crippen molar-refractivity contribution in [1.82, 2.24) is 5.32 Å². The summed E-state index contributed by atoms with van der Waals surface area (Å²) in [6.07, 6.45) is 0.607. The molecule has 0 spiro atoms. The maximum Gasteiger partial charge on any atom is 0.342 e. The van der Waals surface area contributed by atoms with Crippen molar-refractivity contribution < 1.29 is 28.7 Å². The maximum absolute atomic E-state index is 11.0. The van der Waals surface area contributed by atoms with Crippen molar-refractivity contribution in [3.05, 3.63) is 35.9 Å². The van der Waals surface area contributed by atoms with Crippen molar-refractivity contribution in [2.75, 3.05) is 13.1 Å². The van der Waals surface area contributed by atoms with Crippen LogP contribution in [0.5, 0.6) is 0 Å². The fourth-order valence-corrected chi connectivity index (χ4v) is 3.84. The standard InChI is InChI=1S/C10H17NO6P2/c12-18(13,14)10(19(15,16)17)8-11-7-6-9-4-2-1-3-5-9/h1-5,10-11H,6-8H2,(H2,12,13,14)(H2,15,16,17). The Labute approximate surface area is 111 Å². The molecule has 0 bridgehead atoms. The Morgan fingerprint density at radius 3 is 2.00 bits per heavy atom. The van der Waals surface area contributed by atoms with E-state index in [-0.39, 0.29) is 0 Å². The first-order valence-electron chi connectivity index (χ1n) is 5.56. The van der Waals surface area contributed by atoms with Crippen molar-refractivity contribution in [3.63, 3.8) is 0 Å². The molecule has 0 fully saturated rings. The second kappa shape index (κ2) is 6.77. The van der Waals surface area contributed by atoms with E-state index in [1.807, 2.05) is 30.3 Å². The monoisotopic (exact) mass is 309 g/mol. The van der Waals surface area contributed by atoms with E-state index in [4.69, 9.17) is 19.6 Å². The lowest BCUT2D eigenvalue weighted by Crippen LogP contribution is -2.28. The van der Waals surface area contributed by atoms with Gasteiger partial charge in [0.15, 0.2) is 5.40 Å². The smallest absolute Gasteiger partial charge is 0.324 e. The first-order valence-corrected chi connectivity index (χ1v) is 8.92. The van der Waals surface area contributed by atoms with Crippen LogP contribution in [0.15, 0.2) is 30.3 Å². The Kier molecular flexibility index (Phi) is 5.89. The fourth-order valence-electron chi connectivity index (χ4n) is 1.54. The minimum Gasteiger partial charge on any atom is -0.324 e. The highest BCUT2D eigenvalue weighted by Crippen LogP contribution is 2.59. The van der Waals surface area contributed by atoms with Crippen molar-refractivity contribution >= 4 is 15.2 Å². The number of nitrogens with one attached hydrogen (secondary N) is 1. The first kappa shape index (κ1) is 16.5. The van der Waals surface area contributed by atoms with E-state index in [1.165, 1.54) is 0 Å². The van der Waals surface area contributed by atoms with Crippen LogP contribution in [0.2, 0.25) is 0 Å². The topological polar surface area (TPSA) is 127 Å². The molecule has 0 unspecified atom stereocenters. The van der Waals surface area contributed by atoms with Gasteiger partial charge in [-0.3, -0.25) is 9.13 Å². The van der Waals surface area contributed by atoms with Crippen LogP contribution in [-0.2, 0) is 15.6 Å². The van der Waals surface area contributed by atoms with E-state index in [1.54, 1.807) is 0 Å². The van der Waals surface area contributed by atoms with E-state index in [2.05, 4.69) is 5.32 Å². The zero-order valence-electron chi connectivity index (χ0n) is 10.1. The van der Waals surface area contributed by atoms with Gasteiger partial charge in [0.2, 0.25) is 0 Å². The van der Waals surface area contributed by atoms with Gasteiger partial charge in [0.05, 0.1) is 0 Å². The van der Waals surface area contributed by atoms with Crippen LogP contribution >= 0.6 is 15.2 Å². The maximum atomic E-state index is 11.0. The van der Waals surface area contributed by atoms with Gasteiger partial charge < -0.3 is 24.9 Å². The predicted octanol–water partition coefficient (Wildman–Crippen LogP) is 0.500. The van der Waals surface area contributed by atoms with Crippen LogP contribution in [0.4, 0.5) is 0 Å². The molecule has 0 radical (unpaired) electrons. The molecular formula is C10H17NO6P2. The van der Waals surface area contributed by atoms with Gasteiger partial charge in [-0.05, 0) is 18.5 Å². The van der Waals surface area contributed by atoms with Crippen LogP contribution in [-0.4, -0.2) is 38.1 Å². The average molecular weight is 309 g/mol. The molecule has 0 aliphatic rings. The SMILES string of the molecule is O=P(O)(O)C(CNCCc1ccccc1)P(=O)(O)O. The van der Waals surface area contributed by atoms with Gasteiger partial charge in [-0.25, -0.2) is 0 Å². The molecule has 0 saturated carbocycles. The molecule has 0 aliphatic carbocycles. The van der Waals surface area contributed by atoms with Crippen molar-refractivity contribution in [2.45, 2.75) is 11.8 Å². The lowest BCUT2D eigenvalue weighted by atomic mass is 10.1. The highest BCUT2D eigenvalue weighted by atomic mass is 31.2. The summed E-state index contributed by atoms with van der Waals surface area (Å²) in [4.78, 5) is 35.6. The van der Waals surface area contributed by atoms with Gasteiger partial charge in [0, 0.05) is 6.54 Å². The van der Waals surface area contributed by atoms with Crippen molar-refractivity contribution in [1.29, 1.82) is 0 Å². The Hall–Kier alpha value is -0.520. The third-order valence-corrected chi connectivity index (χ3v) is 6.26. The first-order chi connectivity index (χ1) is 8.71. The molecule has 0 heterocycles. The fraction of sp³-hybridized carbons (Fsp3) is 0.400. The zero-order valence-corrected chi connectivity index (χ0v) is 11.9. The summed E-state index contributed by atoms with van der Waals surface area (Å²) in [5.74, 6) is 0. The number of benzene rings is 1. The summed E-state index contributed by atoms with van der Waals surface area (Å²) >= 11 is 0. The van der Waals surface area contributed by atoms with Gasteiger partial charge >= 0.3 is 15.2 Å². The molecular weight excluding hydrogens is 292 g/mol. The summed E-state index contributed by atoms with van der Waals surface area (Å²) in [6.45, 7) is -0.0537. The van der Waals surface area contributed by atoms with E-state index in [0.29, 0.717) is 13.0 Å². The van der Waals surface area contributed by atoms with Gasteiger partial charge in [-0.1, -0.05) is 30.3 Å². The molecule has 19 heavy (non-hydrogen) atoms. The number of rotatable bonds is 7. The average Bonchev–Trinajstić information content (AvgIpc) is 2.26. The number of hydrogen-bond acceptors (Lipinski definition) is 3. The molecule has 0 aromatic heterocycles. The van der Waals surface area contributed by atoms with Gasteiger partial charge in [0.1, 0.15) is 0 Å². The molecule has 0 saturated heterocycles. The minimum atomic E-state index is -4.84. The molecule has 9 heteroatoms. The van der Waals surface area contributed by atoms with Crippen molar-refractivity contribution in [2.24, 2.45) is 0 Å². The third-order valence-electron chi connectivity index (χ3n) is 2.54. The molecule has 5 N–H and O–H groups in total. The Morgan fingerprint density at radius 1 is 1.00 bits per heavy atom. The summed E-state index contributed by atoms with van der Waals surface area (Å²) in [7, 11) is -9.67. The molecule has 1 aromatic rings. The lowest BCUT2D eigenvalue weighted by Gasteiger charge is -2.19. The zero-order chi connectivity index (χ0) is 14.5. The second-order valence-electron chi connectivity index (χ2n) is 4.10. The number of hydrogen-bond donors (Lipinski definition) is 5. The molecule has 0 amide bonds. The highest BCUT2D eigenvalue weighted by Gasteiger charge is 2.42. The molecule has 1 aromatic carbocycles. The Morgan fingerprint density at radius 2 is 1.53 bits per heavy atom. The van der Waals surface area contributed by atoms with Crippen LogP contribution in [0, 0.1) is 0 Å². The molecule has 0 atom stereocenters. The van der Waals surface area contributed by atoms with E-state index >= 15 is 0 Å². The van der Waals surface area contributed by atoms with Gasteiger partial charge in [0.25, 0.3) is 0 Å². The van der Waals surface area contributed by atoms with Crippen LogP contribution < -0.4 is 5.32 Å². The largest absolute Gasteiger partial charge is 0.342 e. The van der Waals surface area contributed by atoms with Gasteiger partial charge in [-0.15, -0.1) is 0 Å². The van der Waals surface area contributed by atoms with Crippen LogP contribution in [0.25, 0.3) is 0 Å². The summed E-state index contributed by atoms with van der Waals surface area (Å²) in [5, 5.41) is 0.673. The highest BCUT2D eigenvalue weighted by molar-refractivity contribution is 7.70. The molecule has 1 rings (SSSR count). The quantitative estimate of drug-likeness (QED) is 0.366. The predicted molar refractivity (Wildman–Crippen MR) is 70.9 cm³/mol. The van der Waals surface area contributed by atoms with E-state index in [0.717, 1.165) is 5.56 Å². The van der Waals surface area contributed by atoms with Gasteiger partial charge in [-0.2, -0.15) is 0 Å². The van der Waals surface area contributed by atoms with Crippen LogP contribution in [0.3, 0.4) is 0 Å². The normalized spacial score (nSPS) is 12.9. The summed E-state index contributed by atoms with van der Waals surface area (Å²) in [6, 6.07) is 9.39.